The highest BCUT2D eigenvalue weighted by Crippen LogP contribution is 2.72. The van der Waals surface area contributed by atoms with Crippen molar-refractivity contribution in [1.29, 1.82) is 0 Å². The molecule has 5 atom stereocenters. The fourth-order valence-corrected chi connectivity index (χ4v) is 5.39. The van der Waals surface area contributed by atoms with Crippen LogP contribution in [0.15, 0.2) is 11.4 Å². The minimum atomic E-state index is -0.164. The molecule has 0 amide bonds. The summed E-state index contributed by atoms with van der Waals surface area (Å²) in [5.41, 5.74) is 1.18. The number of fused-ring (bicyclic) bond motifs is 5. The monoisotopic (exact) mass is 234 g/mol. The lowest BCUT2D eigenvalue weighted by molar-refractivity contribution is 0.130. The van der Waals surface area contributed by atoms with Crippen LogP contribution in [0.2, 0.25) is 0 Å². The highest BCUT2D eigenvalue weighted by molar-refractivity contribution is 7.10. The van der Waals surface area contributed by atoms with Gasteiger partial charge in [-0.2, -0.15) is 0 Å². The van der Waals surface area contributed by atoms with E-state index in [0.29, 0.717) is 5.92 Å². The highest BCUT2D eigenvalue weighted by Gasteiger charge is 2.66. The molecule has 16 heavy (non-hydrogen) atoms. The van der Waals surface area contributed by atoms with Crippen molar-refractivity contribution in [2.75, 3.05) is 0 Å². The van der Waals surface area contributed by atoms with E-state index in [1.165, 1.54) is 29.7 Å². The Kier molecular flexibility index (Phi) is 1.88. The number of aliphatic hydroxyl groups is 1. The Morgan fingerprint density at radius 2 is 2.00 bits per heavy atom. The van der Waals surface area contributed by atoms with Gasteiger partial charge >= 0.3 is 0 Å². The molecule has 1 aromatic heterocycles. The van der Waals surface area contributed by atoms with E-state index in [1.54, 1.807) is 11.3 Å². The summed E-state index contributed by atoms with van der Waals surface area (Å²) >= 11 is 1.76. The molecule has 3 fully saturated rings. The lowest BCUT2D eigenvalue weighted by Gasteiger charge is -2.13. The first kappa shape index (κ1) is 9.67. The van der Waals surface area contributed by atoms with Crippen LogP contribution in [0.25, 0.3) is 0 Å². The van der Waals surface area contributed by atoms with Gasteiger partial charge in [0.25, 0.3) is 0 Å². The molecular weight excluding hydrogens is 216 g/mol. The predicted octanol–water partition coefficient (Wildman–Crippen LogP) is 3.38. The Morgan fingerprint density at radius 1 is 1.31 bits per heavy atom. The van der Waals surface area contributed by atoms with Gasteiger partial charge in [0.05, 0.1) is 6.10 Å². The van der Waals surface area contributed by atoms with Gasteiger partial charge in [-0.15, -0.1) is 11.3 Å². The molecule has 3 aliphatic carbocycles. The van der Waals surface area contributed by atoms with Gasteiger partial charge in [0.15, 0.2) is 0 Å². The van der Waals surface area contributed by atoms with Crippen LogP contribution in [0.3, 0.4) is 0 Å². The Balaban J connectivity index is 1.57. The van der Waals surface area contributed by atoms with Gasteiger partial charge in [0.2, 0.25) is 0 Å². The van der Waals surface area contributed by atoms with Crippen molar-refractivity contribution in [2.24, 2.45) is 29.6 Å². The van der Waals surface area contributed by atoms with E-state index in [2.05, 4.69) is 18.4 Å². The molecule has 2 bridgehead atoms. The molecule has 0 saturated heterocycles. The lowest BCUT2D eigenvalue weighted by Crippen LogP contribution is -2.07. The molecule has 1 aromatic rings. The second kappa shape index (κ2) is 3.11. The lowest BCUT2D eigenvalue weighted by atomic mass is 9.96. The Bertz CT molecular complexity index is 408. The normalized spacial score (nSPS) is 45.8. The molecule has 2 heteroatoms. The van der Waals surface area contributed by atoms with Crippen molar-refractivity contribution in [2.45, 2.75) is 32.3 Å². The number of hydrogen-bond acceptors (Lipinski definition) is 2. The maximum atomic E-state index is 10.4. The van der Waals surface area contributed by atoms with Crippen molar-refractivity contribution in [1.82, 2.24) is 0 Å². The number of aryl methyl sites for hydroxylation is 1. The fraction of sp³-hybridized carbons (Fsp3) is 0.714. The van der Waals surface area contributed by atoms with Crippen LogP contribution in [0.1, 0.15) is 35.8 Å². The first-order chi connectivity index (χ1) is 7.75. The van der Waals surface area contributed by atoms with E-state index in [4.69, 9.17) is 0 Å². The average Bonchev–Trinajstić information content (AvgIpc) is 2.68. The van der Waals surface area contributed by atoms with Crippen molar-refractivity contribution in [3.8, 4) is 0 Å². The number of hydrogen-bond donors (Lipinski definition) is 1. The fourth-order valence-electron chi connectivity index (χ4n) is 4.66. The first-order valence-corrected chi connectivity index (χ1v) is 7.37. The molecule has 1 N–H and O–H groups in total. The van der Waals surface area contributed by atoms with Gasteiger partial charge in [-0.25, -0.2) is 0 Å². The third kappa shape index (κ3) is 1.15. The molecule has 3 saturated carbocycles. The topological polar surface area (TPSA) is 20.2 Å². The first-order valence-electron chi connectivity index (χ1n) is 6.49. The maximum absolute atomic E-state index is 10.4. The molecule has 1 nitrogen and oxygen atoms in total. The Labute approximate surface area is 100 Å². The van der Waals surface area contributed by atoms with Crippen LogP contribution in [-0.4, -0.2) is 5.11 Å². The van der Waals surface area contributed by atoms with E-state index in [-0.39, 0.29) is 6.10 Å². The highest BCUT2D eigenvalue weighted by atomic mass is 32.1. The molecule has 3 aliphatic rings. The van der Waals surface area contributed by atoms with Crippen LogP contribution >= 0.6 is 11.3 Å². The maximum Gasteiger partial charge on any atom is 0.0832 e. The molecular formula is C14H18OS. The Hall–Kier alpha value is -0.340. The number of thiophene rings is 1. The summed E-state index contributed by atoms with van der Waals surface area (Å²) in [5.74, 6) is 4.31. The SMILES string of the molecule is Cc1cc(C(O)C2C3C4CCC(C4)C32)cs1. The summed E-state index contributed by atoms with van der Waals surface area (Å²) < 4.78 is 0. The van der Waals surface area contributed by atoms with Crippen LogP contribution in [0.4, 0.5) is 0 Å². The van der Waals surface area contributed by atoms with Gasteiger partial charge in [0, 0.05) is 4.88 Å². The second-order valence-electron chi connectivity index (χ2n) is 6.00. The van der Waals surface area contributed by atoms with E-state index >= 15 is 0 Å². The summed E-state index contributed by atoms with van der Waals surface area (Å²) in [5, 5.41) is 12.6. The molecule has 0 aliphatic heterocycles. The molecule has 0 spiro atoms. The van der Waals surface area contributed by atoms with E-state index in [9.17, 15) is 5.11 Å². The minimum Gasteiger partial charge on any atom is -0.388 e. The van der Waals surface area contributed by atoms with Crippen LogP contribution < -0.4 is 0 Å². The predicted molar refractivity (Wildman–Crippen MR) is 65.3 cm³/mol. The van der Waals surface area contributed by atoms with Crippen LogP contribution in [-0.2, 0) is 0 Å². The smallest absolute Gasteiger partial charge is 0.0832 e. The standard InChI is InChI=1S/C14H18OS/c1-7-4-10(6-16-7)14(15)13-11-8-2-3-9(5-8)12(11)13/h4,6,8-9,11-15H,2-3,5H2,1H3. The van der Waals surface area contributed by atoms with Crippen LogP contribution in [0.5, 0.6) is 0 Å². The largest absolute Gasteiger partial charge is 0.388 e. The third-order valence-corrected chi connectivity index (χ3v) is 6.13. The van der Waals surface area contributed by atoms with Crippen molar-refractivity contribution >= 4 is 11.3 Å². The summed E-state index contributed by atoms with van der Waals surface area (Å²) in [6.07, 6.45) is 4.19. The van der Waals surface area contributed by atoms with E-state index in [0.717, 1.165) is 23.7 Å². The van der Waals surface area contributed by atoms with Crippen LogP contribution in [0, 0.1) is 36.5 Å². The van der Waals surface area contributed by atoms with Gasteiger partial charge in [-0.1, -0.05) is 0 Å². The van der Waals surface area contributed by atoms with Crippen molar-refractivity contribution in [3.63, 3.8) is 0 Å². The van der Waals surface area contributed by atoms with Gasteiger partial charge in [0.1, 0.15) is 0 Å². The molecule has 0 radical (unpaired) electrons. The number of aliphatic hydroxyl groups excluding tert-OH is 1. The molecule has 86 valence electrons. The molecule has 5 unspecified atom stereocenters. The zero-order chi connectivity index (χ0) is 10.9. The Morgan fingerprint density at radius 3 is 2.56 bits per heavy atom. The van der Waals surface area contributed by atoms with Gasteiger partial charge < -0.3 is 5.11 Å². The molecule has 0 aromatic carbocycles. The van der Waals surface area contributed by atoms with Gasteiger partial charge in [-0.3, -0.25) is 0 Å². The summed E-state index contributed by atoms with van der Waals surface area (Å²) in [7, 11) is 0. The summed E-state index contributed by atoms with van der Waals surface area (Å²) in [4.78, 5) is 1.32. The second-order valence-corrected chi connectivity index (χ2v) is 7.12. The molecule has 4 rings (SSSR count). The number of rotatable bonds is 2. The van der Waals surface area contributed by atoms with E-state index in [1.807, 2.05) is 0 Å². The van der Waals surface area contributed by atoms with E-state index < -0.39 is 0 Å². The minimum absolute atomic E-state index is 0.164. The average molecular weight is 234 g/mol. The van der Waals surface area contributed by atoms with Crippen molar-refractivity contribution in [3.05, 3.63) is 21.9 Å². The summed E-state index contributed by atoms with van der Waals surface area (Å²) in [6, 6.07) is 2.17. The quantitative estimate of drug-likeness (QED) is 0.831. The third-order valence-electron chi connectivity index (χ3n) is 5.25. The van der Waals surface area contributed by atoms with Crippen molar-refractivity contribution < 1.29 is 5.11 Å². The van der Waals surface area contributed by atoms with Gasteiger partial charge in [-0.05, 0) is 72.8 Å². The molecule has 1 heterocycles. The summed E-state index contributed by atoms with van der Waals surface area (Å²) in [6.45, 7) is 2.12. The zero-order valence-corrected chi connectivity index (χ0v) is 10.4. The zero-order valence-electron chi connectivity index (χ0n) is 9.60.